The van der Waals surface area contributed by atoms with Crippen LogP contribution in [0, 0.1) is 13.8 Å². The number of nitrogens with zero attached hydrogens (tertiary/aromatic N) is 3. The van der Waals surface area contributed by atoms with Crippen molar-refractivity contribution in [2.75, 3.05) is 6.54 Å². The number of benzene rings is 1. The predicted molar refractivity (Wildman–Crippen MR) is 123 cm³/mol. The van der Waals surface area contributed by atoms with Gasteiger partial charge in [-0.3, -0.25) is 4.68 Å². The monoisotopic (exact) mass is 411 g/mol. The van der Waals surface area contributed by atoms with Crippen molar-refractivity contribution >= 4 is 5.96 Å². The molecule has 1 unspecified atom stereocenters. The Hall–Kier alpha value is -2.50. The van der Waals surface area contributed by atoms with Crippen molar-refractivity contribution in [1.29, 1.82) is 0 Å². The van der Waals surface area contributed by atoms with Crippen LogP contribution in [0.25, 0.3) is 0 Å². The normalized spacial score (nSPS) is 16.0. The molecule has 6 nitrogen and oxygen atoms in total. The van der Waals surface area contributed by atoms with Gasteiger partial charge in [0.2, 0.25) is 0 Å². The number of aliphatic imine (C=N–C) groups is 1. The first kappa shape index (κ1) is 22.2. The SMILES string of the molecule is CCNC(=NCc1ccccc1OC1CCCC1)NC(C)Cc1c(C)nn(C)c1C. The summed E-state index contributed by atoms with van der Waals surface area (Å²) < 4.78 is 8.22. The Kier molecular flexibility index (Phi) is 7.77. The Morgan fingerprint density at radius 1 is 1.27 bits per heavy atom. The smallest absolute Gasteiger partial charge is 0.191 e. The molecule has 30 heavy (non-hydrogen) atoms. The van der Waals surface area contributed by atoms with Crippen LogP contribution in [0.5, 0.6) is 5.75 Å². The average molecular weight is 412 g/mol. The van der Waals surface area contributed by atoms with Gasteiger partial charge in [-0.15, -0.1) is 0 Å². The van der Waals surface area contributed by atoms with Crippen LogP contribution in [0.1, 0.15) is 62.0 Å². The van der Waals surface area contributed by atoms with Gasteiger partial charge in [0, 0.05) is 30.9 Å². The van der Waals surface area contributed by atoms with Gasteiger partial charge in [0.05, 0.1) is 18.3 Å². The van der Waals surface area contributed by atoms with E-state index in [1.807, 2.05) is 17.8 Å². The molecule has 2 aromatic rings. The summed E-state index contributed by atoms with van der Waals surface area (Å²) in [6.07, 6.45) is 6.13. The number of para-hydroxylation sites is 1. The fourth-order valence-corrected chi connectivity index (χ4v) is 4.12. The highest BCUT2D eigenvalue weighted by molar-refractivity contribution is 5.80. The van der Waals surface area contributed by atoms with Gasteiger partial charge >= 0.3 is 0 Å². The lowest BCUT2D eigenvalue weighted by molar-refractivity contribution is 0.208. The quantitative estimate of drug-likeness (QED) is 0.508. The number of hydrogen-bond donors (Lipinski definition) is 2. The summed E-state index contributed by atoms with van der Waals surface area (Å²) in [5.41, 5.74) is 4.77. The predicted octanol–water partition coefficient (Wildman–Crippen LogP) is 4.04. The number of aromatic nitrogens is 2. The summed E-state index contributed by atoms with van der Waals surface area (Å²) in [7, 11) is 2.00. The number of rotatable bonds is 8. The molecule has 0 saturated heterocycles. The molecule has 164 valence electrons. The van der Waals surface area contributed by atoms with E-state index in [-0.39, 0.29) is 6.04 Å². The molecule has 1 aliphatic rings. The van der Waals surface area contributed by atoms with E-state index in [1.165, 1.54) is 24.1 Å². The van der Waals surface area contributed by atoms with Gasteiger partial charge in [-0.1, -0.05) is 18.2 Å². The standard InChI is InChI=1S/C24H37N5O/c1-6-25-24(27-17(2)15-22-18(3)28-29(5)19(22)4)26-16-20-11-7-10-14-23(20)30-21-12-8-9-13-21/h7,10-11,14,17,21H,6,8-9,12-13,15-16H2,1-5H3,(H2,25,26,27). The van der Waals surface area contributed by atoms with Gasteiger partial charge in [-0.2, -0.15) is 5.10 Å². The van der Waals surface area contributed by atoms with Crippen LogP contribution in [-0.4, -0.2) is 34.4 Å². The molecule has 1 aromatic heterocycles. The summed E-state index contributed by atoms with van der Waals surface area (Å²) in [5, 5.41) is 11.5. The maximum Gasteiger partial charge on any atom is 0.191 e. The van der Waals surface area contributed by atoms with Crippen molar-refractivity contribution in [2.24, 2.45) is 12.0 Å². The van der Waals surface area contributed by atoms with Crippen LogP contribution >= 0.6 is 0 Å². The first-order chi connectivity index (χ1) is 14.5. The molecule has 2 N–H and O–H groups in total. The number of aryl methyl sites for hydroxylation is 2. The highest BCUT2D eigenvalue weighted by Crippen LogP contribution is 2.27. The molecule has 1 aromatic carbocycles. The van der Waals surface area contributed by atoms with Crippen molar-refractivity contribution in [1.82, 2.24) is 20.4 Å². The van der Waals surface area contributed by atoms with Crippen LogP contribution < -0.4 is 15.4 Å². The lowest BCUT2D eigenvalue weighted by atomic mass is 10.1. The van der Waals surface area contributed by atoms with E-state index in [0.717, 1.165) is 48.8 Å². The Bertz CT molecular complexity index is 851. The van der Waals surface area contributed by atoms with Crippen LogP contribution in [0.2, 0.25) is 0 Å². The minimum Gasteiger partial charge on any atom is -0.490 e. The van der Waals surface area contributed by atoms with E-state index < -0.39 is 0 Å². The van der Waals surface area contributed by atoms with Gasteiger partial charge in [0.25, 0.3) is 0 Å². The highest BCUT2D eigenvalue weighted by Gasteiger charge is 2.18. The van der Waals surface area contributed by atoms with E-state index in [4.69, 9.17) is 9.73 Å². The van der Waals surface area contributed by atoms with Crippen molar-refractivity contribution in [2.45, 2.75) is 78.5 Å². The van der Waals surface area contributed by atoms with Gasteiger partial charge in [-0.05, 0) is 71.4 Å². The second-order valence-corrected chi connectivity index (χ2v) is 8.35. The Morgan fingerprint density at radius 2 is 2.00 bits per heavy atom. The van der Waals surface area contributed by atoms with Crippen LogP contribution in [-0.2, 0) is 20.0 Å². The van der Waals surface area contributed by atoms with E-state index in [9.17, 15) is 0 Å². The fraction of sp³-hybridized carbons (Fsp3) is 0.583. The van der Waals surface area contributed by atoms with E-state index in [1.54, 1.807) is 0 Å². The maximum absolute atomic E-state index is 6.27. The largest absolute Gasteiger partial charge is 0.490 e. The molecule has 1 fully saturated rings. The Balaban J connectivity index is 1.65. The molecule has 1 aliphatic carbocycles. The van der Waals surface area contributed by atoms with E-state index >= 15 is 0 Å². The van der Waals surface area contributed by atoms with Crippen LogP contribution in [0.4, 0.5) is 0 Å². The second kappa shape index (κ2) is 10.5. The summed E-state index contributed by atoms with van der Waals surface area (Å²) in [6, 6.07) is 8.53. The van der Waals surface area contributed by atoms with E-state index in [2.05, 4.69) is 61.6 Å². The minimum atomic E-state index is 0.245. The second-order valence-electron chi connectivity index (χ2n) is 8.35. The summed E-state index contributed by atoms with van der Waals surface area (Å²) >= 11 is 0. The minimum absolute atomic E-state index is 0.245. The summed E-state index contributed by atoms with van der Waals surface area (Å²) in [5.74, 6) is 1.80. The zero-order chi connectivity index (χ0) is 21.5. The molecule has 1 heterocycles. The third-order valence-corrected chi connectivity index (χ3v) is 5.87. The third kappa shape index (κ3) is 5.77. The third-order valence-electron chi connectivity index (χ3n) is 5.87. The van der Waals surface area contributed by atoms with E-state index in [0.29, 0.717) is 12.6 Å². The number of nitrogens with one attached hydrogen (secondary N) is 2. The molecule has 1 saturated carbocycles. The van der Waals surface area contributed by atoms with Crippen molar-refractivity contribution in [3.05, 3.63) is 46.8 Å². The highest BCUT2D eigenvalue weighted by atomic mass is 16.5. The van der Waals surface area contributed by atoms with Crippen molar-refractivity contribution < 1.29 is 4.74 Å². The topological polar surface area (TPSA) is 63.5 Å². The van der Waals surface area contributed by atoms with Gasteiger partial charge in [0.1, 0.15) is 5.75 Å². The lowest BCUT2D eigenvalue weighted by Gasteiger charge is -2.19. The van der Waals surface area contributed by atoms with Crippen molar-refractivity contribution in [3.63, 3.8) is 0 Å². The number of ether oxygens (including phenoxy) is 1. The van der Waals surface area contributed by atoms with Gasteiger partial charge in [-0.25, -0.2) is 4.99 Å². The van der Waals surface area contributed by atoms with Crippen LogP contribution in [0.3, 0.4) is 0 Å². The Morgan fingerprint density at radius 3 is 2.67 bits per heavy atom. The first-order valence-corrected chi connectivity index (χ1v) is 11.3. The molecule has 0 spiro atoms. The summed E-state index contributed by atoms with van der Waals surface area (Å²) in [6.45, 7) is 9.90. The molecule has 0 amide bonds. The van der Waals surface area contributed by atoms with Gasteiger partial charge < -0.3 is 15.4 Å². The molecular weight excluding hydrogens is 374 g/mol. The first-order valence-electron chi connectivity index (χ1n) is 11.3. The lowest BCUT2D eigenvalue weighted by Crippen LogP contribution is -2.43. The molecule has 3 rings (SSSR count). The number of guanidine groups is 1. The molecule has 0 aliphatic heterocycles. The van der Waals surface area contributed by atoms with Gasteiger partial charge in [0.15, 0.2) is 5.96 Å². The molecule has 0 radical (unpaired) electrons. The molecule has 0 bridgehead atoms. The van der Waals surface area contributed by atoms with Crippen molar-refractivity contribution in [3.8, 4) is 5.75 Å². The van der Waals surface area contributed by atoms with Crippen LogP contribution in [0.15, 0.2) is 29.3 Å². The average Bonchev–Trinajstić information content (AvgIpc) is 3.31. The maximum atomic E-state index is 6.27. The number of hydrogen-bond acceptors (Lipinski definition) is 3. The molecular formula is C24H37N5O. The summed E-state index contributed by atoms with van der Waals surface area (Å²) in [4.78, 5) is 4.84. The zero-order valence-electron chi connectivity index (χ0n) is 19.2. The fourth-order valence-electron chi connectivity index (χ4n) is 4.12. The zero-order valence-corrected chi connectivity index (χ0v) is 19.2. The Labute approximate surface area is 181 Å². The molecule has 6 heteroatoms. The molecule has 1 atom stereocenters.